The Morgan fingerprint density at radius 1 is 1.12 bits per heavy atom. The molecule has 2 N–H and O–H groups in total. The average Bonchev–Trinajstić information content (AvgIpc) is 2.75. The number of carbonyl (C=O) groups is 1. The van der Waals surface area contributed by atoms with Crippen molar-refractivity contribution in [3.8, 4) is 5.75 Å². The Morgan fingerprint density at radius 2 is 1.92 bits per heavy atom. The summed E-state index contributed by atoms with van der Waals surface area (Å²) in [6.07, 6.45) is 1.76. The molecule has 0 aliphatic carbocycles. The zero-order valence-corrected chi connectivity index (χ0v) is 13.5. The van der Waals surface area contributed by atoms with Gasteiger partial charge in [-0.2, -0.15) is 0 Å². The van der Waals surface area contributed by atoms with Crippen LogP contribution in [-0.2, 0) is 24.2 Å². The lowest BCUT2D eigenvalue weighted by molar-refractivity contribution is -0.119. The Hall–Kier alpha value is -2.40. The number of nitrogens with zero attached hydrogens (tertiary/aromatic N) is 1. The minimum absolute atomic E-state index is 0.257. The number of hydrogen-bond acceptors (Lipinski definition) is 3. The lowest BCUT2D eigenvalue weighted by Gasteiger charge is -2.16. The zero-order chi connectivity index (χ0) is 16.9. The van der Waals surface area contributed by atoms with Gasteiger partial charge in [0.1, 0.15) is 18.2 Å². The minimum atomic E-state index is -0.292. The second kappa shape index (κ2) is 7.45. The maximum atomic E-state index is 13.2. The summed E-state index contributed by atoms with van der Waals surface area (Å²) in [5.41, 5.74) is 8.60. The molecule has 0 fully saturated rings. The fourth-order valence-corrected chi connectivity index (χ4v) is 3.01. The highest BCUT2D eigenvalue weighted by atomic mass is 19.1. The summed E-state index contributed by atoms with van der Waals surface area (Å²) < 4.78 is 19.0. The highest BCUT2D eigenvalue weighted by Crippen LogP contribution is 2.22. The molecular formula is C19H21FN2O2. The SMILES string of the molecule is NC(=O)CN1CCc2ccc(OCc3cccc(F)c3)cc2CC1. The van der Waals surface area contributed by atoms with Crippen molar-refractivity contribution in [2.75, 3.05) is 19.6 Å². The van der Waals surface area contributed by atoms with Gasteiger partial charge in [-0.15, -0.1) is 0 Å². The van der Waals surface area contributed by atoms with Gasteiger partial charge in [-0.05, 0) is 53.8 Å². The molecule has 24 heavy (non-hydrogen) atoms. The number of amides is 1. The van der Waals surface area contributed by atoms with Gasteiger partial charge in [0.2, 0.25) is 5.91 Å². The second-order valence-corrected chi connectivity index (χ2v) is 6.09. The Bertz CT molecular complexity index is 733. The van der Waals surface area contributed by atoms with Crippen molar-refractivity contribution in [1.29, 1.82) is 0 Å². The predicted molar refractivity (Wildman–Crippen MR) is 90.2 cm³/mol. The van der Waals surface area contributed by atoms with Gasteiger partial charge in [-0.3, -0.25) is 9.69 Å². The summed E-state index contributed by atoms with van der Waals surface area (Å²) in [5, 5.41) is 0. The van der Waals surface area contributed by atoms with Crippen LogP contribution in [0.5, 0.6) is 5.75 Å². The van der Waals surface area contributed by atoms with Gasteiger partial charge >= 0.3 is 0 Å². The Balaban J connectivity index is 1.64. The molecule has 0 saturated carbocycles. The van der Waals surface area contributed by atoms with E-state index in [1.165, 1.54) is 23.3 Å². The summed E-state index contributed by atoms with van der Waals surface area (Å²) >= 11 is 0. The van der Waals surface area contributed by atoms with Gasteiger partial charge < -0.3 is 10.5 Å². The standard InChI is InChI=1S/C19H21FN2O2/c20-17-3-1-2-14(10-17)13-24-18-5-4-15-6-8-22(12-19(21)23)9-7-16(15)11-18/h1-5,10-11H,6-9,12-13H2,(H2,21,23). The van der Waals surface area contributed by atoms with Crippen LogP contribution < -0.4 is 10.5 Å². The molecule has 0 unspecified atom stereocenters. The highest BCUT2D eigenvalue weighted by Gasteiger charge is 2.15. The molecule has 0 bridgehead atoms. The predicted octanol–water partition coefficient (Wildman–Crippen LogP) is 2.29. The van der Waals surface area contributed by atoms with Gasteiger partial charge in [0, 0.05) is 13.1 Å². The van der Waals surface area contributed by atoms with Crippen LogP contribution in [0.1, 0.15) is 16.7 Å². The average molecular weight is 328 g/mol. The van der Waals surface area contributed by atoms with E-state index in [-0.39, 0.29) is 11.7 Å². The van der Waals surface area contributed by atoms with Gasteiger partial charge in [0.15, 0.2) is 0 Å². The molecule has 1 aliphatic heterocycles. The van der Waals surface area contributed by atoms with E-state index in [1.54, 1.807) is 6.07 Å². The van der Waals surface area contributed by atoms with E-state index in [0.29, 0.717) is 13.2 Å². The van der Waals surface area contributed by atoms with Gasteiger partial charge in [0.05, 0.1) is 6.54 Å². The zero-order valence-electron chi connectivity index (χ0n) is 13.5. The molecule has 4 nitrogen and oxygen atoms in total. The van der Waals surface area contributed by atoms with Gasteiger partial charge in [-0.1, -0.05) is 18.2 Å². The first-order chi connectivity index (χ1) is 11.6. The molecule has 5 heteroatoms. The summed E-state index contributed by atoms with van der Waals surface area (Å²) in [4.78, 5) is 13.2. The third-order valence-electron chi connectivity index (χ3n) is 4.25. The summed E-state index contributed by atoms with van der Waals surface area (Å²) in [6, 6.07) is 12.5. The molecule has 1 aliphatic rings. The summed E-state index contributed by atoms with van der Waals surface area (Å²) in [5.74, 6) is 0.231. The minimum Gasteiger partial charge on any atom is -0.489 e. The molecule has 3 rings (SSSR count). The summed E-state index contributed by atoms with van der Waals surface area (Å²) in [6.45, 7) is 2.28. The first-order valence-corrected chi connectivity index (χ1v) is 8.10. The molecule has 0 aromatic heterocycles. The fraction of sp³-hybridized carbons (Fsp3) is 0.316. The maximum Gasteiger partial charge on any atom is 0.231 e. The van der Waals surface area contributed by atoms with Crippen LogP contribution in [0.15, 0.2) is 42.5 Å². The topological polar surface area (TPSA) is 55.6 Å². The monoisotopic (exact) mass is 328 g/mol. The molecule has 0 spiro atoms. The van der Waals surface area contributed by atoms with Crippen molar-refractivity contribution in [1.82, 2.24) is 4.90 Å². The van der Waals surface area contributed by atoms with Crippen molar-refractivity contribution >= 4 is 5.91 Å². The van der Waals surface area contributed by atoms with E-state index in [4.69, 9.17) is 10.5 Å². The molecule has 0 saturated heterocycles. The smallest absolute Gasteiger partial charge is 0.231 e. The maximum absolute atomic E-state index is 13.2. The highest BCUT2D eigenvalue weighted by molar-refractivity contribution is 5.75. The molecular weight excluding hydrogens is 307 g/mol. The van der Waals surface area contributed by atoms with E-state index >= 15 is 0 Å². The summed E-state index contributed by atoms with van der Waals surface area (Å²) in [7, 11) is 0. The number of halogens is 1. The Labute approximate surface area is 141 Å². The van der Waals surface area contributed by atoms with Gasteiger partial charge in [0.25, 0.3) is 0 Å². The van der Waals surface area contributed by atoms with Crippen LogP contribution in [0.3, 0.4) is 0 Å². The number of fused-ring (bicyclic) bond motifs is 1. The normalized spacial score (nSPS) is 14.7. The number of rotatable bonds is 5. The van der Waals surface area contributed by atoms with Crippen molar-refractivity contribution in [2.45, 2.75) is 19.4 Å². The van der Waals surface area contributed by atoms with E-state index in [2.05, 4.69) is 11.0 Å². The second-order valence-electron chi connectivity index (χ2n) is 6.09. The third-order valence-corrected chi connectivity index (χ3v) is 4.25. The Kier molecular flexibility index (Phi) is 5.11. The van der Waals surface area contributed by atoms with Crippen LogP contribution in [0.25, 0.3) is 0 Å². The van der Waals surface area contributed by atoms with Crippen LogP contribution in [0.4, 0.5) is 4.39 Å². The molecule has 1 amide bonds. The molecule has 2 aromatic carbocycles. The number of nitrogens with two attached hydrogens (primary N) is 1. The number of ether oxygens (including phenoxy) is 1. The molecule has 0 radical (unpaired) electrons. The molecule has 126 valence electrons. The number of benzene rings is 2. The van der Waals surface area contributed by atoms with E-state index in [9.17, 15) is 9.18 Å². The number of hydrogen-bond donors (Lipinski definition) is 1. The third kappa shape index (κ3) is 4.32. The molecule has 0 atom stereocenters. The largest absolute Gasteiger partial charge is 0.489 e. The number of primary amides is 1. The Morgan fingerprint density at radius 3 is 2.67 bits per heavy atom. The van der Waals surface area contributed by atoms with Gasteiger partial charge in [-0.25, -0.2) is 4.39 Å². The van der Waals surface area contributed by atoms with Crippen molar-refractivity contribution in [3.63, 3.8) is 0 Å². The van der Waals surface area contributed by atoms with E-state index in [0.717, 1.165) is 37.2 Å². The van der Waals surface area contributed by atoms with Crippen LogP contribution in [0.2, 0.25) is 0 Å². The number of carbonyl (C=O) groups excluding carboxylic acids is 1. The lowest BCUT2D eigenvalue weighted by atomic mass is 10.0. The first-order valence-electron chi connectivity index (χ1n) is 8.10. The quantitative estimate of drug-likeness (QED) is 0.916. The first kappa shape index (κ1) is 16.5. The van der Waals surface area contributed by atoms with Crippen molar-refractivity contribution in [3.05, 3.63) is 65.0 Å². The van der Waals surface area contributed by atoms with E-state index in [1.807, 2.05) is 18.2 Å². The van der Waals surface area contributed by atoms with Crippen LogP contribution >= 0.6 is 0 Å². The fourth-order valence-electron chi connectivity index (χ4n) is 3.01. The lowest BCUT2D eigenvalue weighted by Crippen LogP contribution is -2.35. The molecule has 2 aromatic rings. The van der Waals surface area contributed by atoms with Crippen LogP contribution in [-0.4, -0.2) is 30.4 Å². The van der Waals surface area contributed by atoms with Crippen molar-refractivity contribution in [2.24, 2.45) is 5.73 Å². The van der Waals surface area contributed by atoms with Crippen LogP contribution in [0, 0.1) is 5.82 Å². The van der Waals surface area contributed by atoms with E-state index < -0.39 is 0 Å². The van der Waals surface area contributed by atoms with Crippen molar-refractivity contribution < 1.29 is 13.9 Å². The molecule has 1 heterocycles.